The van der Waals surface area contributed by atoms with Gasteiger partial charge in [0.25, 0.3) is 0 Å². The minimum Gasteiger partial charge on any atom is -0.503 e. The highest BCUT2D eigenvalue weighted by molar-refractivity contribution is 5.97. The third-order valence-electron chi connectivity index (χ3n) is 3.15. The van der Waals surface area contributed by atoms with Gasteiger partial charge in [0.1, 0.15) is 0 Å². The highest BCUT2D eigenvalue weighted by Gasteiger charge is 2.32. The lowest BCUT2D eigenvalue weighted by atomic mass is 10.1. The quantitative estimate of drug-likeness (QED) is 0.587. The molecule has 7 nitrogen and oxygen atoms in total. The summed E-state index contributed by atoms with van der Waals surface area (Å²) in [6, 6.07) is 0. The molecule has 0 aliphatic rings. The summed E-state index contributed by atoms with van der Waals surface area (Å²) in [7, 11) is 0. The van der Waals surface area contributed by atoms with E-state index in [9.17, 15) is 15.0 Å². The first kappa shape index (κ1) is 20.7. The van der Waals surface area contributed by atoms with Crippen molar-refractivity contribution in [2.75, 3.05) is 26.4 Å². The van der Waals surface area contributed by atoms with Crippen LogP contribution in [0.15, 0.2) is 0 Å². The molecule has 1 rings (SSSR count). The highest BCUT2D eigenvalue weighted by atomic mass is 16.6. The van der Waals surface area contributed by atoms with Gasteiger partial charge in [-0.1, -0.05) is 20.8 Å². The molecule has 0 unspecified atom stereocenters. The molecule has 1 aromatic carbocycles. The van der Waals surface area contributed by atoms with Crippen molar-refractivity contribution in [2.45, 2.75) is 47.0 Å². The van der Waals surface area contributed by atoms with Gasteiger partial charge in [0, 0.05) is 0 Å². The van der Waals surface area contributed by atoms with E-state index in [1.165, 1.54) is 0 Å². The van der Waals surface area contributed by atoms with Gasteiger partial charge in [0.15, 0.2) is 17.1 Å². The first-order valence-electron chi connectivity index (χ1n) is 8.70. The van der Waals surface area contributed by atoms with Crippen LogP contribution in [0.1, 0.15) is 57.3 Å². The van der Waals surface area contributed by atoms with Crippen LogP contribution in [0, 0.1) is 0 Å². The number of aromatic hydroxyl groups is 1. The van der Waals surface area contributed by atoms with Crippen molar-refractivity contribution in [1.29, 1.82) is 0 Å². The fraction of sp³-hybridized carbons (Fsp3) is 0.611. The molecule has 0 aliphatic carbocycles. The SMILES string of the molecule is CCCOc1c(OCC)c(O)c(C(=O)O)c(OCCC)c1OCCC. The van der Waals surface area contributed by atoms with E-state index in [2.05, 4.69) is 0 Å². The van der Waals surface area contributed by atoms with Crippen LogP contribution < -0.4 is 18.9 Å². The van der Waals surface area contributed by atoms with E-state index in [4.69, 9.17) is 18.9 Å². The van der Waals surface area contributed by atoms with Crippen LogP contribution in [0.25, 0.3) is 0 Å². The zero-order valence-electron chi connectivity index (χ0n) is 15.4. The van der Waals surface area contributed by atoms with Crippen LogP contribution in [0.5, 0.6) is 28.7 Å². The van der Waals surface area contributed by atoms with Gasteiger partial charge in [0.05, 0.1) is 26.4 Å². The average molecular weight is 356 g/mol. The summed E-state index contributed by atoms with van der Waals surface area (Å²) in [5.41, 5.74) is -0.383. The van der Waals surface area contributed by atoms with Crippen molar-refractivity contribution >= 4 is 5.97 Å². The summed E-state index contributed by atoms with van der Waals surface area (Å²) >= 11 is 0. The lowest BCUT2D eigenvalue weighted by molar-refractivity contribution is 0.0686. The van der Waals surface area contributed by atoms with E-state index in [-0.39, 0.29) is 41.8 Å². The van der Waals surface area contributed by atoms with Crippen molar-refractivity contribution in [3.8, 4) is 28.7 Å². The van der Waals surface area contributed by atoms with Crippen LogP contribution in [-0.2, 0) is 0 Å². The van der Waals surface area contributed by atoms with Gasteiger partial charge in [-0.05, 0) is 26.2 Å². The molecule has 0 saturated carbocycles. The monoisotopic (exact) mass is 356 g/mol. The molecule has 0 amide bonds. The molecule has 0 atom stereocenters. The van der Waals surface area contributed by atoms with E-state index < -0.39 is 11.7 Å². The molecule has 0 fully saturated rings. The third-order valence-corrected chi connectivity index (χ3v) is 3.15. The minimum absolute atomic E-state index is 0.0325. The number of aromatic carboxylic acids is 1. The summed E-state index contributed by atoms with van der Waals surface area (Å²) in [6.45, 7) is 8.73. The van der Waals surface area contributed by atoms with Crippen molar-refractivity contribution in [2.24, 2.45) is 0 Å². The predicted molar refractivity (Wildman–Crippen MR) is 93.6 cm³/mol. The van der Waals surface area contributed by atoms with Gasteiger partial charge >= 0.3 is 5.97 Å². The highest BCUT2D eigenvalue weighted by Crippen LogP contribution is 2.53. The Morgan fingerprint density at radius 1 is 0.760 bits per heavy atom. The van der Waals surface area contributed by atoms with E-state index in [1.807, 2.05) is 20.8 Å². The molecular weight excluding hydrogens is 328 g/mol. The Kier molecular flexibility index (Phi) is 8.74. The number of phenols is 1. The lowest BCUT2D eigenvalue weighted by Crippen LogP contribution is -2.11. The van der Waals surface area contributed by atoms with Crippen LogP contribution >= 0.6 is 0 Å². The fourth-order valence-corrected chi connectivity index (χ4v) is 2.14. The van der Waals surface area contributed by atoms with Crippen molar-refractivity contribution < 1.29 is 34.0 Å². The molecule has 1 aromatic rings. The van der Waals surface area contributed by atoms with Gasteiger partial charge in [-0.3, -0.25) is 0 Å². The zero-order valence-corrected chi connectivity index (χ0v) is 15.4. The second kappa shape index (κ2) is 10.5. The Morgan fingerprint density at radius 3 is 1.60 bits per heavy atom. The number of carboxylic acid groups (broad SMARTS) is 1. The van der Waals surface area contributed by atoms with Gasteiger partial charge in [-0.2, -0.15) is 0 Å². The maximum atomic E-state index is 11.7. The molecule has 25 heavy (non-hydrogen) atoms. The largest absolute Gasteiger partial charge is 0.503 e. The number of ether oxygens (including phenoxy) is 4. The molecule has 0 spiro atoms. The summed E-state index contributed by atoms with van der Waals surface area (Å²) in [5.74, 6) is -1.59. The van der Waals surface area contributed by atoms with Crippen molar-refractivity contribution in [3.05, 3.63) is 5.56 Å². The molecule has 2 N–H and O–H groups in total. The summed E-state index contributed by atoms with van der Waals surface area (Å²) in [6.07, 6.45) is 2.12. The minimum atomic E-state index is -1.33. The number of hydrogen-bond acceptors (Lipinski definition) is 6. The molecule has 0 heterocycles. The number of benzene rings is 1. The van der Waals surface area contributed by atoms with E-state index in [1.54, 1.807) is 6.92 Å². The molecule has 142 valence electrons. The Labute approximate surface area is 148 Å². The first-order valence-corrected chi connectivity index (χ1v) is 8.70. The van der Waals surface area contributed by atoms with E-state index in [0.29, 0.717) is 26.1 Å². The lowest BCUT2D eigenvalue weighted by Gasteiger charge is -2.22. The zero-order chi connectivity index (χ0) is 18.8. The standard InChI is InChI=1S/C18H28O7/c1-5-9-23-14-12(18(20)21)13(19)15(22-8-4)17(25-11-7-3)16(14)24-10-6-2/h19H,5-11H2,1-4H3,(H,20,21). The average Bonchev–Trinajstić information content (AvgIpc) is 2.58. The molecule has 0 aliphatic heterocycles. The van der Waals surface area contributed by atoms with Crippen LogP contribution in [0.3, 0.4) is 0 Å². The number of carbonyl (C=O) groups is 1. The summed E-state index contributed by atoms with van der Waals surface area (Å²) in [4.78, 5) is 11.7. The smallest absolute Gasteiger partial charge is 0.343 e. The molecule has 0 bridgehead atoms. The molecular formula is C18H28O7. The van der Waals surface area contributed by atoms with Crippen LogP contribution in [0.4, 0.5) is 0 Å². The molecule has 7 heteroatoms. The van der Waals surface area contributed by atoms with Gasteiger partial charge in [-0.25, -0.2) is 4.79 Å². The van der Waals surface area contributed by atoms with Crippen LogP contribution in [0.2, 0.25) is 0 Å². The molecule has 0 radical (unpaired) electrons. The number of carboxylic acids is 1. The topological polar surface area (TPSA) is 94.5 Å². The Hall–Kier alpha value is -2.31. The first-order chi connectivity index (χ1) is 12.0. The second-order valence-corrected chi connectivity index (χ2v) is 5.32. The molecule has 0 aromatic heterocycles. The Bertz CT molecular complexity index is 569. The normalized spacial score (nSPS) is 10.4. The van der Waals surface area contributed by atoms with Crippen LogP contribution in [-0.4, -0.2) is 42.6 Å². The number of rotatable bonds is 12. The fourth-order valence-electron chi connectivity index (χ4n) is 2.14. The Morgan fingerprint density at radius 2 is 1.20 bits per heavy atom. The van der Waals surface area contributed by atoms with Crippen molar-refractivity contribution in [3.63, 3.8) is 0 Å². The maximum Gasteiger partial charge on any atom is 0.343 e. The van der Waals surface area contributed by atoms with Gasteiger partial charge in [-0.15, -0.1) is 0 Å². The van der Waals surface area contributed by atoms with Gasteiger partial charge in [0.2, 0.25) is 17.2 Å². The maximum absolute atomic E-state index is 11.7. The summed E-state index contributed by atoms with van der Waals surface area (Å²) < 4.78 is 22.5. The van der Waals surface area contributed by atoms with E-state index in [0.717, 1.165) is 6.42 Å². The third kappa shape index (κ3) is 5.08. The van der Waals surface area contributed by atoms with E-state index >= 15 is 0 Å². The Balaban J connectivity index is 3.66. The van der Waals surface area contributed by atoms with Crippen molar-refractivity contribution in [1.82, 2.24) is 0 Å². The predicted octanol–water partition coefficient (Wildman–Crippen LogP) is 3.86. The van der Waals surface area contributed by atoms with Gasteiger partial charge < -0.3 is 29.2 Å². The second-order valence-electron chi connectivity index (χ2n) is 5.32. The number of hydrogen-bond donors (Lipinski definition) is 2. The molecule has 0 saturated heterocycles. The summed E-state index contributed by atoms with van der Waals surface area (Å²) in [5, 5.41) is 20.0.